The number of aromatic nitrogens is 2. The number of H-pyrrole nitrogens is 1. The van der Waals surface area contributed by atoms with Crippen LogP contribution in [0.3, 0.4) is 0 Å². The highest BCUT2D eigenvalue weighted by atomic mass is 32.1. The first kappa shape index (κ1) is 17.4. The number of hydrogen-bond donors (Lipinski definition) is 1. The molecule has 4 aromatic rings. The van der Waals surface area contributed by atoms with Gasteiger partial charge in [0.1, 0.15) is 10.8 Å². The van der Waals surface area contributed by atoms with Crippen LogP contribution in [-0.2, 0) is 11.2 Å². The Morgan fingerprint density at radius 1 is 1.32 bits per heavy atom. The molecular formula is C22H20FN3OS. The molecule has 0 spiro atoms. The Kier molecular flexibility index (Phi) is 4.16. The molecule has 142 valence electrons. The van der Waals surface area contributed by atoms with Crippen molar-refractivity contribution in [3.05, 3.63) is 64.5 Å². The summed E-state index contributed by atoms with van der Waals surface area (Å²) < 4.78 is 14.9. The Labute approximate surface area is 166 Å². The van der Waals surface area contributed by atoms with Crippen LogP contribution in [0.25, 0.3) is 21.1 Å². The van der Waals surface area contributed by atoms with Gasteiger partial charge in [-0.15, -0.1) is 11.3 Å². The first-order chi connectivity index (χ1) is 13.6. The molecule has 1 atom stereocenters. The summed E-state index contributed by atoms with van der Waals surface area (Å²) in [4.78, 5) is 23.2. The molecule has 1 fully saturated rings. The van der Waals surface area contributed by atoms with Crippen LogP contribution < -0.4 is 0 Å². The van der Waals surface area contributed by atoms with Gasteiger partial charge in [-0.1, -0.05) is 12.1 Å². The zero-order valence-electron chi connectivity index (χ0n) is 15.5. The summed E-state index contributed by atoms with van der Waals surface area (Å²) in [5.41, 5.74) is 3.66. The number of hydrogen-bond acceptors (Lipinski definition) is 3. The molecule has 1 saturated heterocycles. The van der Waals surface area contributed by atoms with Gasteiger partial charge in [0.25, 0.3) is 0 Å². The van der Waals surface area contributed by atoms with E-state index in [-0.39, 0.29) is 24.2 Å². The molecule has 1 N–H and O–H groups in total. The van der Waals surface area contributed by atoms with Crippen LogP contribution >= 0.6 is 11.3 Å². The average molecular weight is 393 g/mol. The summed E-state index contributed by atoms with van der Waals surface area (Å²) in [5.74, 6) is -0.205. The van der Waals surface area contributed by atoms with E-state index < -0.39 is 0 Å². The van der Waals surface area contributed by atoms with Crippen molar-refractivity contribution in [3.8, 4) is 0 Å². The highest BCUT2D eigenvalue weighted by Crippen LogP contribution is 2.37. The topological polar surface area (TPSA) is 49.0 Å². The van der Waals surface area contributed by atoms with Gasteiger partial charge in [0.05, 0.1) is 22.7 Å². The molecule has 1 unspecified atom stereocenters. The van der Waals surface area contributed by atoms with Crippen molar-refractivity contribution < 1.29 is 9.18 Å². The number of aryl methyl sites for hydroxylation is 1. The van der Waals surface area contributed by atoms with Crippen molar-refractivity contribution in [1.29, 1.82) is 0 Å². The number of carbonyl (C=O) groups excluding carboxylic acids is 1. The second-order valence-electron chi connectivity index (χ2n) is 7.36. The van der Waals surface area contributed by atoms with Crippen molar-refractivity contribution in [3.63, 3.8) is 0 Å². The molecule has 1 aliphatic heterocycles. The summed E-state index contributed by atoms with van der Waals surface area (Å²) in [7, 11) is 0. The van der Waals surface area contributed by atoms with Gasteiger partial charge in [-0.25, -0.2) is 9.37 Å². The minimum absolute atomic E-state index is 0.0344. The van der Waals surface area contributed by atoms with Crippen molar-refractivity contribution in [2.75, 3.05) is 6.54 Å². The fraction of sp³-hybridized carbons (Fsp3) is 0.273. The van der Waals surface area contributed by atoms with Crippen molar-refractivity contribution >= 4 is 38.4 Å². The molecular weight excluding hydrogens is 373 g/mol. The maximum atomic E-state index is 13.7. The molecule has 4 nitrogen and oxygen atoms in total. The maximum Gasteiger partial charge on any atom is 0.227 e. The Morgan fingerprint density at radius 2 is 2.18 bits per heavy atom. The molecule has 0 radical (unpaired) electrons. The largest absolute Gasteiger partial charge is 0.358 e. The Morgan fingerprint density at radius 3 is 3.04 bits per heavy atom. The lowest BCUT2D eigenvalue weighted by atomic mass is 10.1. The van der Waals surface area contributed by atoms with E-state index >= 15 is 0 Å². The number of thiazole rings is 1. The fourth-order valence-corrected chi connectivity index (χ4v) is 5.30. The van der Waals surface area contributed by atoms with Crippen molar-refractivity contribution in [2.45, 2.75) is 32.2 Å². The molecule has 3 heterocycles. The molecule has 6 heteroatoms. The zero-order valence-corrected chi connectivity index (χ0v) is 16.4. The number of fused-ring (bicyclic) bond motifs is 2. The van der Waals surface area contributed by atoms with Crippen LogP contribution in [0.4, 0.5) is 4.39 Å². The number of nitrogens with zero attached hydrogens (tertiary/aromatic N) is 2. The third-order valence-corrected chi connectivity index (χ3v) is 6.72. The first-order valence-electron chi connectivity index (χ1n) is 9.52. The zero-order chi connectivity index (χ0) is 19.3. The van der Waals surface area contributed by atoms with Crippen molar-refractivity contribution in [2.24, 2.45) is 0 Å². The number of aromatic amines is 1. The van der Waals surface area contributed by atoms with Gasteiger partial charge in [-0.2, -0.15) is 0 Å². The van der Waals surface area contributed by atoms with Gasteiger partial charge < -0.3 is 9.88 Å². The summed E-state index contributed by atoms with van der Waals surface area (Å²) in [5, 5.41) is 1.80. The van der Waals surface area contributed by atoms with Gasteiger partial charge in [-0.3, -0.25) is 4.79 Å². The van der Waals surface area contributed by atoms with E-state index in [1.807, 2.05) is 30.0 Å². The predicted octanol–water partition coefficient (Wildman–Crippen LogP) is 5.13. The Hall–Kier alpha value is -2.73. The van der Waals surface area contributed by atoms with E-state index in [0.717, 1.165) is 56.8 Å². The quantitative estimate of drug-likeness (QED) is 0.524. The fourth-order valence-electron chi connectivity index (χ4n) is 4.19. The summed E-state index contributed by atoms with van der Waals surface area (Å²) >= 11 is 1.67. The summed E-state index contributed by atoms with van der Waals surface area (Å²) in [6.45, 7) is 2.69. The lowest BCUT2D eigenvalue weighted by Crippen LogP contribution is -2.31. The number of halogens is 1. The SMILES string of the molecule is Cc1[nH]c2ccc(F)cc2c1CC(=O)N1CCCC1c1nc2ccccc2s1. The van der Waals surface area contributed by atoms with E-state index in [4.69, 9.17) is 4.98 Å². The van der Waals surface area contributed by atoms with Gasteiger partial charge in [0.15, 0.2) is 0 Å². The van der Waals surface area contributed by atoms with Crippen LogP contribution in [0.15, 0.2) is 42.5 Å². The number of likely N-dealkylation sites (tertiary alicyclic amines) is 1. The average Bonchev–Trinajstić information content (AvgIpc) is 3.39. The first-order valence-corrected chi connectivity index (χ1v) is 10.3. The Balaban J connectivity index is 1.45. The molecule has 28 heavy (non-hydrogen) atoms. The summed E-state index contributed by atoms with van der Waals surface area (Å²) in [6, 6.07) is 12.8. The lowest BCUT2D eigenvalue weighted by Gasteiger charge is -2.23. The van der Waals surface area contributed by atoms with E-state index in [1.54, 1.807) is 17.4 Å². The standard InChI is InChI=1S/C22H20FN3OS/c1-13-15(16-11-14(23)8-9-17(16)24-13)12-21(27)26-10-4-6-19(26)22-25-18-5-2-3-7-20(18)28-22/h2-3,5,7-9,11,19,24H,4,6,10,12H2,1H3. The predicted molar refractivity (Wildman–Crippen MR) is 110 cm³/mol. The van der Waals surface area contributed by atoms with Crippen LogP contribution in [0, 0.1) is 12.7 Å². The second-order valence-corrected chi connectivity index (χ2v) is 8.42. The Bertz CT molecular complexity index is 1160. The van der Waals surface area contributed by atoms with Crippen LogP contribution in [0.5, 0.6) is 0 Å². The van der Waals surface area contributed by atoms with E-state index in [2.05, 4.69) is 11.1 Å². The number of carbonyl (C=O) groups is 1. The van der Waals surface area contributed by atoms with Gasteiger partial charge in [0, 0.05) is 23.1 Å². The van der Waals surface area contributed by atoms with Crippen LogP contribution in [0.1, 0.15) is 35.1 Å². The van der Waals surface area contributed by atoms with E-state index in [1.165, 1.54) is 12.1 Å². The van der Waals surface area contributed by atoms with Crippen molar-refractivity contribution in [1.82, 2.24) is 14.9 Å². The van der Waals surface area contributed by atoms with E-state index in [0.29, 0.717) is 0 Å². The van der Waals surface area contributed by atoms with Gasteiger partial charge >= 0.3 is 0 Å². The minimum Gasteiger partial charge on any atom is -0.358 e. The van der Waals surface area contributed by atoms with Gasteiger partial charge in [-0.05, 0) is 55.7 Å². The lowest BCUT2D eigenvalue weighted by molar-refractivity contribution is -0.131. The summed E-state index contributed by atoms with van der Waals surface area (Å²) in [6.07, 6.45) is 2.19. The third-order valence-electron chi connectivity index (χ3n) is 5.58. The third kappa shape index (κ3) is 2.88. The van der Waals surface area contributed by atoms with Gasteiger partial charge in [0.2, 0.25) is 5.91 Å². The van der Waals surface area contributed by atoms with Crippen LogP contribution in [-0.4, -0.2) is 27.3 Å². The van der Waals surface area contributed by atoms with Crippen LogP contribution in [0.2, 0.25) is 0 Å². The second kappa shape index (κ2) is 6.71. The van der Waals surface area contributed by atoms with E-state index in [9.17, 15) is 9.18 Å². The molecule has 1 amide bonds. The molecule has 0 bridgehead atoms. The number of para-hydroxylation sites is 1. The smallest absolute Gasteiger partial charge is 0.227 e. The highest BCUT2D eigenvalue weighted by Gasteiger charge is 2.32. The minimum atomic E-state index is -0.284. The monoisotopic (exact) mass is 393 g/mol. The maximum absolute atomic E-state index is 13.7. The molecule has 0 saturated carbocycles. The normalized spacial score (nSPS) is 17.1. The molecule has 1 aliphatic rings. The number of benzene rings is 2. The molecule has 5 rings (SSSR count). The number of rotatable bonds is 3. The highest BCUT2D eigenvalue weighted by molar-refractivity contribution is 7.18. The number of nitrogens with one attached hydrogen (secondary N) is 1. The molecule has 2 aromatic carbocycles. The number of amides is 1. The molecule has 0 aliphatic carbocycles. The molecule has 2 aromatic heterocycles.